The van der Waals surface area contributed by atoms with Gasteiger partial charge in [-0.3, -0.25) is 14.7 Å². The number of pyridine rings is 1. The van der Waals surface area contributed by atoms with Gasteiger partial charge in [0.2, 0.25) is 5.95 Å². The van der Waals surface area contributed by atoms with Crippen molar-refractivity contribution >= 4 is 29.3 Å². The summed E-state index contributed by atoms with van der Waals surface area (Å²) in [6, 6.07) is 18.9. The summed E-state index contributed by atoms with van der Waals surface area (Å²) in [5, 5.41) is 6.25. The number of carbonyl (C=O) groups excluding carboxylic acids is 2. The van der Waals surface area contributed by atoms with Crippen LogP contribution in [0.1, 0.15) is 21.5 Å². The lowest BCUT2D eigenvalue weighted by molar-refractivity contribution is 0.0764. The molecule has 11 heteroatoms. The Bertz CT molecular complexity index is 1510. The van der Waals surface area contributed by atoms with Crippen LogP contribution in [0.25, 0.3) is 11.3 Å². The van der Waals surface area contributed by atoms with Crippen molar-refractivity contribution in [2.24, 2.45) is 5.73 Å². The largest absolute Gasteiger partial charge is 0.448 e. The number of piperazine rings is 1. The number of amides is 2. The first kappa shape index (κ1) is 28.7. The number of hydrogen-bond donors (Lipinski definition) is 3. The van der Waals surface area contributed by atoms with E-state index in [2.05, 4.69) is 30.5 Å². The minimum Gasteiger partial charge on any atom is -0.448 e. The van der Waals surface area contributed by atoms with Gasteiger partial charge >= 0.3 is 6.09 Å². The Kier molecular flexibility index (Phi) is 9.32. The number of nitrogens with two attached hydrogens (primary N) is 1. The fourth-order valence-corrected chi connectivity index (χ4v) is 4.60. The van der Waals surface area contributed by atoms with E-state index in [1.165, 1.54) is 0 Å². The number of aryl methyl sites for hydroxylation is 1. The van der Waals surface area contributed by atoms with Crippen molar-refractivity contribution < 1.29 is 14.3 Å². The molecule has 0 spiro atoms. The van der Waals surface area contributed by atoms with Gasteiger partial charge in [-0.15, -0.1) is 0 Å². The first-order valence-electron chi connectivity index (χ1n) is 13.8. The molecule has 3 heterocycles. The quantitative estimate of drug-likeness (QED) is 0.274. The van der Waals surface area contributed by atoms with E-state index in [4.69, 9.17) is 10.5 Å². The molecule has 0 saturated carbocycles. The lowest BCUT2D eigenvalue weighted by Gasteiger charge is -2.34. The van der Waals surface area contributed by atoms with Gasteiger partial charge in [-0.2, -0.15) is 0 Å². The highest BCUT2D eigenvalue weighted by atomic mass is 16.6. The molecule has 11 nitrogen and oxygen atoms in total. The van der Waals surface area contributed by atoms with Crippen molar-refractivity contribution in [2.45, 2.75) is 13.5 Å². The molecular weight excluding hydrogens is 532 g/mol. The van der Waals surface area contributed by atoms with Crippen molar-refractivity contribution in [1.29, 1.82) is 0 Å². The first-order chi connectivity index (χ1) is 20.5. The van der Waals surface area contributed by atoms with Crippen molar-refractivity contribution in [3.63, 3.8) is 0 Å². The number of ether oxygens (including phenoxy) is 1. The van der Waals surface area contributed by atoms with Gasteiger partial charge in [0, 0.05) is 80.4 Å². The summed E-state index contributed by atoms with van der Waals surface area (Å²) >= 11 is 0. The minimum absolute atomic E-state index is 0.198. The average Bonchev–Trinajstić information content (AvgIpc) is 3.03. The predicted molar refractivity (Wildman–Crippen MR) is 161 cm³/mol. The fourth-order valence-electron chi connectivity index (χ4n) is 4.60. The number of aromatic nitrogens is 3. The third kappa shape index (κ3) is 7.45. The number of rotatable bonds is 9. The van der Waals surface area contributed by atoms with Crippen LogP contribution >= 0.6 is 0 Å². The van der Waals surface area contributed by atoms with E-state index in [1.807, 2.05) is 67.6 Å². The predicted octanol–water partition coefficient (Wildman–Crippen LogP) is 4.06. The highest BCUT2D eigenvalue weighted by Crippen LogP contribution is 2.25. The van der Waals surface area contributed by atoms with E-state index in [0.717, 1.165) is 47.7 Å². The molecular formula is C31H34N8O3. The molecule has 0 atom stereocenters. The van der Waals surface area contributed by atoms with Crippen molar-refractivity contribution in [3.8, 4) is 11.3 Å². The van der Waals surface area contributed by atoms with Gasteiger partial charge in [-0.05, 0) is 60.5 Å². The number of anilines is 3. The Morgan fingerprint density at radius 3 is 2.55 bits per heavy atom. The molecule has 0 radical (unpaired) electrons. The molecule has 0 unspecified atom stereocenters. The summed E-state index contributed by atoms with van der Waals surface area (Å²) in [5.41, 5.74) is 11.2. The third-order valence-electron chi connectivity index (χ3n) is 6.95. The van der Waals surface area contributed by atoms with Gasteiger partial charge in [-0.1, -0.05) is 18.2 Å². The van der Waals surface area contributed by atoms with E-state index < -0.39 is 0 Å². The van der Waals surface area contributed by atoms with Crippen LogP contribution in [0.3, 0.4) is 0 Å². The monoisotopic (exact) mass is 566 g/mol. The molecule has 4 N–H and O–H groups in total. The van der Waals surface area contributed by atoms with Crippen LogP contribution in [0.4, 0.5) is 22.1 Å². The number of nitrogens with one attached hydrogen (secondary N) is 2. The molecule has 0 aliphatic carbocycles. The fraction of sp³-hybridized carbons (Fsp3) is 0.258. The Labute approximate surface area is 244 Å². The summed E-state index contributed by atoms with van der Waals surface area (Å²) in [5.74, 6) is 0.252. The summed E-state index contributed by atoms with van der Waals surface area (Å²) < 4.78 is 5.12. The van der Waals surface area contributed by atoms with E-state index >= 15 is 0 Å². The smallest absolute Gasteiger partial charge is 0.409 e. The molecule has 2 aromatic heterocycles. The van der Waals surface area contributed by atoms with Gasteiger partial charge in [0.25, 0.3) is 5.91 Å². The maximum Gasteiger partial charge on any atom is 0.409 e. The Balaban J connectivity index is 1.16. The standard InChI is InChI=1S/C31H34N8O3/c1-22-4-9-26(19-28(22)37-30-34-13-10-27(36-30)25-3-2-12-33-20-25)35-29(40)24-7-5-23(6-8-24)21-38-14-16-39(17-15-38)31(41)42-18-11-32/h2-10,12-13,19-20H,11,14-18,21,32H2,1H3,(H,35,40)(H,34,36,37). The maximum atomic E-state index is 13.0. The van der Waals surface area contributed by atoms with E-state index in [0.29, 0.717) is 36.8 Å². The topological polar surface area (TPSA) is 139 Å². The van der Waals surface area contributed by atoms with Crippen LogP contribution in [0.15, 0.2) is 79.3 Å². The van der Waals surface area contributed by atoms with Gasteiger partial charge in [0.1, 0.15) is 6.61 Å². The Morgan fingerprint density at radius 2 is 1.81 bits per heavy atom. The molecule has 2 amide bonds. The van der Waals surface area contributed by atoms with Crippen LogP contribution in [0, 0.1) is 6.92 Å². The molecule has 5 rings (SSSR count). The van der Waals surface area contributed by atoms with E-state index in [1.54, 1.807) is 23.5 Å². The summed E-state index contributed by atoms with van der Waals surface area (Å²) in [7, 11) is 0. The van der Waals surface area contributed by atoms with Gasteiger partial charge in [0.05, 0.1) is 5.69 Å². The molecule has 216 valence electrons. The molecule has 1 aliphatic rings. The molecule has 1 aliphatic heterocycles. The number of benzene rings is 2. The minimum atomic E-state index is -0.310. The lowest BCUT2D eigenvalue weighted by Crippen LogP contribution is -2.48. The molecule has 42 heavy (non-hydrogen) atoms. The highest BCUT2D eigenvalue weighted by Gasteiger charge is 2.22. The van der Waals surface area contributed by atoms with E-state index in [9.17, 15) is 9.59 Å². The molecule has 2 aromatic carbocycles. The Hall–Kier alpha value is -4.87. The second-order valence-corrected chi connectivity index (χ2v) is 9.98. The zero-order chi connectivity index (χ0) is 29.3. The molecule has 0 bridgehead atoms. The van der Waals surface area contributed by atoms with Crippen molar-refractivity contribution in [3.05, 3.63) is 95.9 Å². The SMILES string of the molecule is Cc1ccc(NC(=O)c2ccc(CN3CCN(C(=O)OCCN)CC3)cc2)cc1Nc1nccc(-c2cccnc2)n1. The average molecular weight is 567 g/mol. The second kappa shape index (κ2) is 13.7. The van der Waals surface area contributed by atoms with Crippen molar-refractivity contribution in [2.75, 3.05) is 50.0 Å². The number of nitrogens with zero attached hydrogens (tertiary/aromatic N) is 5. The lowest BCUT2D eigenvalue weighted by atomic mass is 10.1. The molecule has 1 fully saturated rings. The zero-order valence-corrected chi connectivity index (χ0v) is 23.5. The highest BCUT2D eigenvalue weighted by molar-refractivity contribution is 6.04. The Morgan fingerprint density at radius 1 is 1.00 bits per heavy atom. The number of hydrogen-bond acceptors (Lipinski definition) is 9. The normalized spacial score (nSPS) is 13.4. The number of carbonyl (C=O) groups is 2. The van der Waals surface area contributed by atoms with Crippen LogP contribution in [-0.2, 0) is 11.3 Å². The molecule has 1 saturated heterocycles. The maximum absolute atomic E-state index is 13.0. The van der Waals surface area contributed by atoms with E-state index in [-0.39, 0.29) is 18.6 Å². The van der Waals surface area contributed by atoms with Crippen molar-refractivity contribution in [1.82, 2.24) is 24.8 Å². The van der Waals surface area contributed by atoms with Crippen LogP contribution in [0.2, 0.25) is 0 Å². The van der Waals surface area contributed by atoms with Gasteiger partial charge < -0.3 is 26.0 Å². The van der Waals surface area contributed by atoms with Crippen LogP contribution < -0.4 is 16.4 Å². The van der Waals surface area contributed by atoms with Gasteiger partial charge in [-0.25, -0.2) is 14.8 Å². The summed E-state index contributed by atoms with van der Waals surface area (Å²) in [4.78, 5) is 42.1. The van der Waals surface area contributed by atoms with Crippen LogP contribution in [-0.4, -0.2) is 76.1 Å². The second-order valence-electron chi connectivity index (χ2n) is 9.98. The van der Waals surface area contributed by atoms with Gasteiger partial charge in [0.15, 0.2) is 0 Å². The third-order valence-corrected chi connectivity index (χ3v) is 6.95. The van der Waals surface area contributed by atoms with Crippen LogP contribution in [0.5, 0.6) is 0 Å². The molecule has 4 aromatic rings. The zero-order valence-electron chi connectivity index (χ0n) is 23.5. The summed E-state index contributed by atoms with van der Waals surface area (Å²) in [6.45, 7) is 6.00. The first-order valence-corrected chi connectivity index (χ1v) is 13.8. The summed E-state index contributed by atoms with van der Waals surface area (Å²) in [6.07, 6.45) is 4.86.